The van der Waals surface area contributed by atoms with E-state index in [1.165, 1.54) is 20.0 Å². The van der Waals surface area contributed by atoms with Crippen molar-refractivity contribution >= 4 is 37.1 Å². The highest BCUT2D eigenvalue weighted by Gasteiger charge is 2.28. The van der Waals surface area contributed by atoms with Crippen LogP contribution in [0.1, 0.15) is 51.7 Å². The normalized spacial score (nSPS) is 13.5. The molecular formula is C33H41ClNO6PS. The van der Waals surface area contributed by atoms with Crippen LogP contribution in [0.5, 0.6) is 5.75 Å². The lowest BCUT2D eigenvalue weighted by atomic mass is 9.93. The minimum absolute atomic E-state index is 0.510. The SMILES string of the molecule is COP(=O)(/C=C/C(C)(CCCc1ccc(Sc2cccc(OCc3ccccc3)c2)cc1Cl)NC(=O)OC(C)(C)C)OC. The molecule has 0 aliphatic heterocycles. The van der Waals surface area contributed by atoms with Crippen LogP contribution in [0.2, 0.25) is 5.02 Å². The standard InChI is InChI=1S/C33H41ClNO6PS/c1-32(2,3)41-31(36)35-33(4,20-21-42(37,38-5)39-6)19-11-14-26-17-18-29(23-30(26)34)43-28-16-10-15-27(22-28)40-24-25-12-8-7-9-13-25/h7-10,12-13,15-18,20-23H,11,14,19,24H2,1-6H3,(H,35,36)/b21-20+. The maximum Gasteiger partial charge on any atom is 0.408 e. The summed E-state index contributed by atoms with van der Waals surface area (Å²) in [4.78, 5) is 14.7. The highest BCUT2D eigenvalue weighted by Crippen LogP contribution is 2.48. The lowest BCUT2D eigenvalue weighted by Gasteiger charge is -2.30. The minimum atomic E-state index is -3.42. The first kappa shape index (κ1) is 34.7. The molecule has 232 valence electrons. The maximum atomic E-state index is 12.6. The van der Waals surface area contributed by atoms with Gasteiger partial charge in [0.05, 0.1) is 5.54 Å². The molecule has 10 heteroatoms. The first-order valence-corrected chi connectivity index (χ1v) is 16.8. The fraction of sp³-hybridized carbons (Fsp3) is 0.364. The van der Waals surface area contributed by atoms with Crippen LogP contribution in [-0.4, -0.2) is 31.5 Å². The zero-order chi connectivity index (χ0) is 31.5. The van der Waals surface area contributed by atoms with Crippen molar-refractivity contribution in [1.82, 2.24) is 5.32 Å². The Balaban J connectivity index is 1.63. The molecule has 0 fully saturated rings. The van der Waals surface area contributed by atoms with Crippen LogP contribution < -0.4 is 10.1 Å². The van der Waals surface area contributed by atoms with E-state index in [-0.39, 0.29) is 0 Å². The first-order chi connectivity index (χ1) is 20.3. The highest BCUT2D eigenvalue weighted by molar-refractivity contribution is 7.99. The maximum absolute atomic E-state index is 12.6. The van der Waals surface area contributed by atoms with Crippen molar-refractivity contribution in [2.24, 2.45) is 0 Å². The van der Waals surface area contributed by atoms with Crippen molar-refractivity contribution in [2.75, 3.05) is 14.2 Å². The number of nitrogens with one attached hydrogen (secondary N) is 1. The van der Waals surface area contributed by atoms with Gasteiger partial charge in [-0.05, 0) is 88.4 Å². The summed E-state index contributed by atoms with van der Waals surface area (Å²) in [6.45, 7) is 7.73. The molecule has 0 radical (unpaired) electrons. The number of halogens is 1. The molecule has 1 amide bonds. The number of carbonyl (C=O) groups excluding carboxylic acids is 1. The molecule has 0 aliphatic rings. The van der Waals surface area contributed by atoms with Gasteiger partial charge in [-0.25, -0.2) is 4.79 Å². The number of alkyl carbamates (subject to hydrolysis) is 1. The van der Waals surface area contributed by atoms with Crippen LogP contribution in [0.3, 0.4) is 0 Å². The molecule has 0 heterocycles. The Kier molecular flexibility index (Phi) is 12.8. The third-order valence-corrected chi connectivity index (χ3v) is 9.24. The molecule has 0 spiro atoms. The number of benzene rings is 3. The van der Waals surface area contributed by atoms with Crippen molar-refractivity contribution in [3.63, 3.8) is 0 Å². The van der Waals surface area contributed by atoms with E-state index >= 15 is 0 Å². The molecule has 0 saturated carbocycles. The Morgan fingerprint density at radius 2 is 1.65 bits per heavy atom. The zero-order valence-electron chi connectivity index (χ0n) is 25.6. The van der Waals surface area contributed by atoms with Crippen molar-refractivity contribution in [3.05, 3.63) is 101 Å². The molecule has 0 bridgehead atoms. The van der Waals surface area contributed by atoms with E-state index in [2.05, 4.69) is 11.4 Å². The average Bonchev–Trinajstić information content (AvgIpc) is 2.96. The Morgan fingerprint density at radius 1 is 0.953 bits per heavy atom. The summed E-state index contributed by atoms with van der Waals surface area (Å²) in [5.41, 5.74) is 0.580. The quantitative estimate of drug-likeness (QED) is 0.175. The molecule has 7 nitrogen and oxygen atoms in total. The molecule has 0 aromatic heterocycles. The summed E-state index contributed by atoms with van der Waals surface area (Å²) in [5.74, 6) is 2.17. The fourth-order valence-corrected chi connectivity index (χ4v) is 6.27. The molecule has 3 aromatic rings. The van der Waals surface area contributed by atoms with Gasteiger partial charge in [0.1, 0.15) is 18.0 Å². The average molecular weight is 646 g/mol. The topological polar surface area (TPSA) is 83.1 Å². The van der Waals surface area contributed by atoms with E-state index in [1.54, 1.807) is 38.6 Å². The first-order valence-electron chi connectivity index (χ1n) is 14.0. The number of carbonyl (C=O) groups is 1. The van der Waals surface area contributed by atoms with Gasteiger partial charge in [0.2, 0.25) is 0 Å². The Labute approximate surface area is 264 Å². The molecule has 1 atom stereocenters. The van der Waals surface area contributed by atoms with Crippen LogP contribution in [0.25, 0.3) is 0 Å². The van der Waals surface area contributed by atoms with Gasteiger partial charge in [0, 0.05) is 34.9 Å². The molecule has 43 heavy (non-hydrogen) atoms. The number of rotatable bonds is 14. The lowest BCUT2D eigenvalue weighted by Crippen LogP contribution is -2.46. The smallest absolute Gasteiger partial charge is 0.408 e. The molecule has 3 aromatic carbocycles. The minimum Gasteiger partial charge on any atom is -0.489 e. The fourth-order valence-electron chi connectivity index (χ4n) is 4.12. The van der Waals surface area contributed by atoms with Crippen LogP contribution in [0.15, 0.2) is 94.5 Å². The van der Waals surface area contributed by atoms with Crippen LogP contribution in [-0.2, 0) is 31.4 Å². The van der Waals surface area contributed by atoms with Crippen molar-refractivity contribution < 1.29 is 27.9 Å². The molecular weight excluding hydrogens is 605 g/mol. The van der Waals surface area contributed by atoms with Crippen molar-refractivity contribution in [2.45, 2.75) is 74.5 Å². The number of hydrogen-bond donors (Lipinski definition) is 1. The third kappa shape index (κ3) is 12.0. The van der Waals surface area contributed by atoms with Gasteiger partial charge in [-0.3, -0.25) is 4.57 Å². The second kappa shape index (κ2) is 15.8. The van der Waals surface area contributed by atoms with Gasteiger partial charge in [-0.2, -0.15) is 0 Å². The lowest BCUT2D eigenvalue weighted by molar-refractivity contribution is 0.0480. The number of hydrogen-bond acceptors (Lipinski definition) is 7. The van der Waals surface area contributed by atoms with E-state index in [0.717, 1.165) is 26.7 Å². The summed E-state index contributed by atoms with van der Waals surface area (Å²) < 4.78 is 34.1. The van der Waals surface area contributed by atoms with Gasteiger partial charge in [0.15, 0.2) is 0 Å². The predicted octanol–water partition coefficient (Wildman–Crippen LogP) is 9.68. The van der Waals surface area contributed by atoms with E-state index in [4.69, 9.17) is 30.1 Å². The zero-order valence-corrected chi connectivity index (χ0v) is 28.1. The van der Waals surface area contributed by atoms with E-state index in [9.17, 15) is 9.36 Å². The summed E-state index contributed by atoms with van der Waals surface area (Å²) in [6.07, 6.45) is 2.97. The Bertz CT molecular complexity index is 1420. The van der Waals surface area contributed by atoms with E-state index in [0.29, 0.717) is 30.9 Å². The summed E-state index contributed by atoms with van der Waals surface area (Å²) in [5, 5.41) is 3.57. The summed E-state index contributed by atoms with van der Waals surface area (Å²) >= 11 is 8.31. The second-order valence-corrected chi connectivity index (χ2v) is 14.9. The number of ether oxygens (including phenoxy) is 2. The van der Waals surface area contributed by atoms with Crippen molar-refractivity contribution in [3.8, 4) is 5.75 Å². The van der Waals surface area contributed by atoms with Crippen LogP contribution >= 0.6 is 31.0 Å². The van der Waals surface area contributed by atoms with Gasteiger partial charge < -0.3 is 23.8 Å². The van der Waals surface area contributed by atoms with Crippen molar-refractivity contribution in [1.29, 1.82) is 0 Å². The molecule has 3 rings (SSSR count). The van der Waals surface area contributed by atoms with Crippen LogP contribution in [0.4, 0.5) is 4.79 Å². The second-order valence-electron chi connectivity index (χ2n) is 11.2. The van der Waals surface area contributed by atoms with E-state index in [1.807, 2.05) is 73.7 Å². The van der Waals surface area contributed by atoms with E-state index < -0.39 is 24.8 Å². The molecule has 1 N–H and O–H groups in total. The molecule has 0 saturated heterocycles. The largest absolute Gasteiger partial charge is 0.489 e. The summed E-state index contributed by atoms with van der Waals surface area (Å²) in [7, 11) is -0.794. The molecule has 1 unspecified atom stereocenters. The third-order valence-electron chi connectivity index (χ3n) is 6.38. The Morgan fingerprint density at radius 3 is 2.30 bits per heavy atom. The molecule has 0 aliphatic carbocycles. The van der Waals surface area contributed by atoms with Gasteiger partial charge in [0.25, 0.3) is 0 Å². The summed E-state index contributed by atoms with van der Waals surface area (Å²) in [6, 6.07) is 24.1. The number of aryl methyl sites for hydroxylation is 1. The van der Waals surface area contributed by atoms with Gasteiger partial charge in [-0.1, -0.05) is 71.9 Å². The number of amides is 1. The van der Waals surface area contributed by atoms with Crippen LogP contribution in [0, 0.1) is 0 Å². The van der Waals surface area contributed by atoms with Gasteiger partial charge >= 0.3 is 13.7 Å². The monoisotopic (exact) mass is 645 g/mol. The highest BCUT2D eigenvalue weighted by atomic mass is 35.5. The van der Waals surface area contributed by atoms with Gasteiger partial charge in [-0.15, -0.1) is 0 Å². The predicted molar refractivity (Wildman–Crippen MR) is 174 cm³/mol. The Hall–Kier alpha value is -2.74.